The lowest BCUT2D eigenvalue weighted by atomic mass is 10.1. The normalized spacial score (nSPS) is 11.6. The van der Waals surface area contributed by atoms with E-state index in [1.54, 1.807) is 0 Å². The number of para-hydroxylation sites is 2. The molecule has 0 unspecified atom stereocenters. The summed E-state index contributed by atoms with van der Waals surface area (Å²) < 4.78 is 8.59. The zero-order valence-electron chi connectivity index (χ0n) is 23.6. The number of hydrogen-bond donors (Lipinski definition) is 0. The minimum absolute atomic E-state index is 0.628. The molecule has 0 bridgehead atoms. The SMILES string of the molecule is c1ccc(-c2nc(-c3ccccc3)nc(-c3cccc(-n4c5ccccc5c5c6c(ccc54)oc4ccccc46)c3)n2)cc1. The Kier molecular flexibility index (Phi) is 5.43. The van der Waals surface area contributed by atoms with Gasteiger partial charge in [-0.05, 0) is 36.4 Å². The summed E-state index contributed by atoms with van der Waals surface area (Å²) in [6, 6.07) is 49.7. The molecule has 0 saturated heterocycles. The van der Waals surface area contributed by atoms with Crippen LogP contribution in [0.25, 0.3) is 83.6 Å². The molecule has 6 aromatic carbocycles. The summed E-state index contributed by atoms with van der Waals surface area (Å²) >= 11 is 0. The van der Waals surface area contributed by atoms with Crippen LogP contribution in [0, 0.1) is 0 Å². The van der Waals surface area contributed by atoms with Gasteiger partial charge in [-0.15, -0.1) is 0 Å². The molecule has 0 amide bonds. The van der Waals surface area contributed by atoms with Crippen molar-refractivity contribution >= 4 is 43.7 Å². The number of benzene rings is 6. The molecule has 0 N–H and O–H groups in total. The van der Waals surface area contributed by atoms with Crippen molar-refractivity contribution in [3.05, 3.63) is 146 Å². The fourth-order valence-corrected chi connectivity index (χ4v) is 6.27. The summed E-state index contributed by atoms with van der Waals surface area (Å²) in [5.41, 5.74) is 7.88. The summed E-state index contributed by atoms with van der Waals surface area (Å²) in [5, 5.41) is 4.63. The van der Waals surface area contributed by atoms with Gasteiger partial charge in [0.15, 0.2) is 17.5 Å². The van der Waals surface area contributed by atoms with Gasteiger partial charge in [-0.3, -0.25) is 0 Å². The largest absolute Gasteiger partial charge is 0.456 e. The van der Waals surface area contributed by atoms with E-state index in [2.05, 4.69) is 77.4 Å². The maximum absolute atomic E-state index is 6.26. The molecule has 3 heterocycles. The molecule has 9 rings (SSSR count). The van der Waals surface area contributed by atoms with Crippen molar-refractivity contribution in [2.24, 2.45) is 0 Å². The molecular formula is C39H24N4O. The number of rotatable bonds is 4. The average Bonchev–Trinajstić information content (AvgIpc) is 3.64. The van der Waals surface area contributed by atoms with Crippen LogP contribution in [0.5, 0.6) is 0 Å². The maximum Gasteiger partial charge on any atom is 0.164 e. The Bertz CT molecular complexity index is 2440. The minimum Gasteiger partial charge on any atom is -0.456 e. The summed E-state index contributed by atoms with van der Waals surface area (Å²) in [6.07, 6.45) is 0. The monoisotopic (exact) mass is 564 g/mol. The molecule has 0 fully saturated rings. The van der Waals surface area contributed by atoms with Gasteiger partial charge in [0, 0.05) is 43.9 Å². The van der Waals surface area contributed by atoms with E-state index in [0.29, 0.717) is 17.5 Å². The second kappa shape index (κ2) is 9.75. The van der Waals surface area contributed by atoms with E-state index in [-0.39, 0.29) is 0 Å². The third-order valence-corrected chi connectivity index (χ3v) is 8.24. The van der Waals surface area contributed by atoms with Crippen molar-refractivity contribution in [1.29, 1.82) is 0 Å². The van der Waals surface area contributed by atoms with Gasteiger partial charge in [0.2, 0.25) is 0 Å². The van der Waals surface area contributed by atoms with Gasteiger partial charge in [0.05, 0.1) is 11.0 Å². The predicted octanol–water partition coefficient (Wildman–Crippen LogP) is 9.87. The Hall–Kier alpha value is -6.07. The van der Waals surface area contributed by atoms with Crippen LogP contribution in [-0.2, 0) is 0 Å². The highest BCUT2D eigenvalue weighted by atomic mass is 16.3. The van der Waals surface area contributed by atoms with Crippen molar-refractivity contribution in [3.63, 3.8) is 0 Å². The lowest BCUT2D eigenvalue weighted by molar-refractivity contribution is 0.669. The third kappa shape index (κ3) is 3.83. The molecule has 44 heavy (non-hydrogen) atoms. The molecule has 0 spiro atoms. The number of aromatic nitrogens is 4. The van der Waals surface area contributed by atoms with Gasteiger partial charge in [-0.2, -0.15) is 0 Å². The Labute approximate surface area is 252 Å². The van der Waals surface area contributed by atoms with Gasteiger partial charge in [0.25, 0.3) is 0 Å². The summed E-state index contributed by atoms with van der Waals surface area (Å²) in [6.45, 7) is 0. The number of furan rings is 1. The van der Waals surface area contributed by atoms with Crippen LogP contribution in [-0.4, -0.2) is 19.5 Å². The Balaban J connectivity index is 1.28. The standard InChI is InChI=1S/C39H24N4O/c1-3-12-25(13-4-1)37-40-38(26-14-5-2-6-15-26)42-39(41-37)27-16-11-17-28(24-27)43-31-20-9-7-18-29(31)35-32(43)22-23-34-36(35)30-19-8-10-21-33(30)44-34/h1-24H. The molecule has 5 nitrogen and oxygen atoms in total. The van der Waals surface area contributed by atoms with Crippen LogP contribution in [0.3, 0.4) is 0 Å². The molecule has 9 aromatic rings. The molecule has 0 saturated carbocycles. The second-order valence-electron chi connectivity index (χ2n) is 10.9. The lowest BCUT2D eigenvalue weighted by Crippen LogP contribution is -2.01. The first-order chi connectivity index (χ1) is 21.8. The first kappa shape index (κ1) is 24.5. The minimum atomic E-state index is 0.628. The highest BCUT2D eigenvalue weighted by Gasteiger charge is 2.19. The van der Waals surface area contributed by atoms with Crippen molar-refractivity contribution in [3.8, 4) is 39.9 Å². The van der Waals surface area contributed by atoms with Crippen molar-refractivity contribution < 1.29 is 4.42 Å². The number of hydrogen-bond acceptors (Lipinski definition) is 4. The molecule has 206 valence electrons. The van der Waals surface area contributed by atoms with Crippen molar-refractivity contribution in [2.45, 2.75) is 0 Å². The van der Waals surface area contributed by atoms with Crippen LogP contribution in [0.15, 0.2) is 150 Å². The van der Waals surface area contributed by atoms with E-state index in [1.165, 1.54) is 10.8 Å². The van der Waals surface area contributed by atoms with E-state index in [9.17, 15) is 0 Å². The summed E-state index contributed by atoms with van der Waals surface area (Å²) in [4.78, 5) is 14.8. The van der Waals surface area contributed by atoms with Crippen LogP contribution in [0.4, 0.5) is 0 Å². The molecule has 0 aliphatic rings. The fraction of sp³-hybridized carbons (Fsp3) is 0. The van der Waals surface area contributed by atoms with Gasteiger partial charge >= 0.3 is 0 Å². The van der Waals surface area contributed by atoms with E-state index in [4.69, 9.17) is 19.4 Å². The topological polar surface area (TPSA) is 56.7 Å². The van der Waals surface area contributed by atoms with Gasteiger partial charge in [0.1, 0.15) is 11.2 Å². The molecule has 0 aliphatic carbocycles. The first-order valence-corrected chi connectivity index (χ1v) is 14.6. The quantitative estimate of drug-likeness (QED) is 0.213. The Morgan fingerprint density at radius 1 is 0.409 bits per heavy atom. The first-order valence-electron chi connectivity index (χ1n) is 14.6. The molecule has 0 atom stereocenters. The fourth-order valence-electron chi connectivity index (χ4n) is 6.27. The molecule has 0 radical (unpaired) electrons. The van der Waals surface area contributed by atoms with E-state index >= 15 is 0 Å². The molecular weight excluding hydrogens is 540 g/mol. The molecule has 0 aliphatic heterocycles. The predicted molar refractivity (Wildman–Crippen MR) is 178 cm³/mol. The maximum atomic E-state index is 6.26. The number of nitrogens with zero attached hydrogens (tertiary/aromatic N) is 4. The molecule has 3 aromatic heterocycles. The number of fused-ring (bicyclic) bond motifs is 7. The van der Waals surface area contributed by atoms with E-state index in [0.717, 1.165) is 55.3 Å². The summed E-state index contributed by atoms with van der Waals surface area (Å²) in [5.74, 6) is 1.92. The highest BCUT2D eigenvalue weighted by molar-refractivity contribution is 6.27. The molecule has 5 heteroatoms. The van der Waals surface area contributed by atoms with Crippen LogP contribution < -0.4 is 0 Å². The third-order valence-electron chi connectivity index (χ3n) is 8.24. The van der Waals surface area contributed by atoms with Crippen LogP contribution in [0.2, 0.25) is 0 Å². The van der Waals surface area contributed by atoms with Crippen molar-refractivity contribution in [2.75, 3.05) is 0 Å². The van der Waals surface area contributed by atoms with Crippen LogP contribution >= 0.6 is 0 Å². The van der Waals surface area contributed by atoms with E-state index < -0.39 is 0 Å². The zero-order chi connectivity index (χ0) is 29.0. The van der Waals surface area contributed by atoms with Crippen LogP contribution in [0.1, 0.15) is 0 Å². The Morgan fingerprint density at radius 3 is 1.73 bits per heavy atom. The lowest BCUT2D eigenvalue weighted by Gasteiger charge is -2.11. The average molecular weight is 565 g/mol. The van der Waals surface area contributed by atoms with E-state index in [1.807, 2.05) is 72.8 Å². The smallest absolute Gasteiger partial charge is 0.164 e. The van der Waals surface area contributed by atoms with Gasteiger partial charge in [-0.1, -0.05) is 109 Å². The highest BCUT2D eigenvalue weighted by Crippen LogP contribution is 2.41. The summed E-state index contributed by atoms with van der Waals surface area (Å²) in [7, 11) is 0. The second-order valence-corrected chi connectivity index (χ2v) is 10.9. The zero-order valence-corrected chi connectivity index (χ0v) is 23.6. The Morgan fingerprint density at radius 2 is 1.00 bits per heavy atom. The van der Waals surface area contributed by atoms with Gasteiger partial charge < -0.3 is 8.98 Å². The van der Waals surface area contributed by atoms with Crippen molar-refractivity contribution in [1.82, 2.24) is 19.5 Å². The van der Waals surface area contributed by atoms with Gasteiger partial charge in [-0.25, -0.2) is 15.0 Å².